The first kappa shape index (κ1) is 16.6. The Kier molecular flexibility index (Phi) is 6.98. The van der Waals surface area contributed by atoms with Crippen LogP contribution in [0.15, 0.2) is 0 Å². The molecule has 5 nitrogen and oxygen atoms in total. The van der Waals surface area contributed by atoms with Crippen LogP contribution in [-0.2, 0) is 10.0 Å². The van der Waals surface area contributed by atoms with E-state index in [4.69, 9.17) is 10.8 Å². The van der Waals surface area contributed by atoms with Crippen molar-refractivity contribution in [2.75, 3.05) is 32.0 Å². The summed E-state index contributed by atoms with van der Waals surface area (Å²) < 4.78 is 59.8. The molecule has 0 spiro atoms. The fraction of sp³-hybridized carbons (Fsp3) is 1.00. The maximum atomic E-state index is 12.1. The highest BCUT2D eigenvalue weighted by Crippen LogP contribution is 2.18. The Hall–Kier alpha value is -0.380. The molecule has 0 radical (unpaired) electrons. The molecule has 0 aromatic carbocycles. The highest BCUT2D eigenvalue weighted by Gasteiger charge is 2.35. The van der Waals surface area contributed by atoms with Crippen LogP contribution < -0.4 is 5.73 Å². The van der Waals surface area contributed by atoms with E-state index in [2.05, 4.69) is 0 Å². The summed E-state index contributed by atoms with van der Waals surface area (Å²) >= 11 is 0. The third kappa shape index (κ3) is 7.53. The van der Waals surface area contributed by atoms with Crippen LogP contribution in [0.3, 0.4) is 0 Å². The van der Waals surface area contributed by atoms with Gasteiger partial charge >= 0.3 is 6.18 Å². The third-order valence-electron chi connectivity index (χ3n) is 1.95. The zero-order valence-corrected chi connectivity index (χ0v) is 10.1. The van der Waals surface area contributed by atoms with Gasteiger partial charge in [0, 0.05) is 6.54 Å². The van der Waals surface area contributed by atoms with Crippen LogP contribution in [0.25, 0.3) is 0 Å². The second-order valence-electron chi connectivity index (χ2n) is 3.48. The van der Waals surface area contributed by atoms with Gasteiger partial charge in [0.25, 0.3) is 0 Å². The van der Waals surface area contributed by atoms with Crippen molar-refractivity contribution in [3.05, 3.63) is 0 Å². The summed E-state index contributed by atoms with van der Waals surface area (Å²) in [5.74, 6) is -0.389. The number of alkyl halides is 3. The molecule has 0 bridgehead atoms. The molecular formula is C8H17F3N2O3S. The lowest BCUT2D eigenvalue weighted by atomic mass is 10.3. The smallest absolute Gasteiger partial charge is 0.395 e. The maximum absolute atomic E-state index is 12.1. The standard InChI is InChI=1S/C8H17F3N2O3S/c9-8(10,11)7-13(4-5-14)17(15,16)6-2-1-3-12/h14H,1-7,12H2. The SMILES string of the molecule is NCCCCS(=O)(=O)N(CCO)CC(F)(F)F. The lowest BCUT2D eigenvalue weighted by Gasteiger charge is -2.22. The van der Waals surface area contributed by atoms with Gasteiger partial charge in [-0.15, -0.1) is 0 Å². The summed E-state index contributed by atoms with van der Waals surface area (Å²) in [6, 6.07) is 0. The first-order chi connectivity index (χ1) is 7.73. The number of rotatable bonds is 8. The molecule has 104 valence electrons. The molecule has 0 fully saturated rings. The average Bonchev–Trinajstić information content (AvgIpc) is 2.15. The van der Waals surface area contributed by atoms with Crippen molar-refractivity contribution in [1.82, 2.24) is 4.31 Å². The Morgan fingerprint density at radius 1 is 1.24 bits per heavy atom. The van der Waals surface area contributed by atoms with Crippen molar-refractivity contribution >= 4 is 10.0 Å². The Morgan fingerprint density at radius 2 is 1.82 bits per heavy atom. The van der Waals surface area contributed by atoms with Gasteiger partial charge in [0.15, 0.2) is 0 Å². The molecule has 0 aliphatic carbocycles. The number of hydrogen-bond acceptors (Lipinski definition) is 4. The molecule has 0 rings (SSSR count). The van der Waals surface area contributed by atoms with E-state index >= 15 is 0 Å². The summed E-state index contributed by atoms with van der Waals surface area (Å²) in [6.07, 6.45) is -3.98. The fourth-order valence-electron chi connectivity index (χ4n) is 1.19. The predicted molar refractivity (Wildman–Crippen MR) is 56.8 cm³/mol. The van der Waals surface area contributed by atoms with Gasteiger partial charge < -0.3 is 10.8 Å². The minimum Gasteiger partial charge on any atom is -0.395 e. The molecule has 0 saturated carbocycles. The number of unbranched alkanes of at least 4 members (excludes halogenated alkanes) is 1. The molecule has 0 aromatic heterocycles. The van der Waals surface area contributed by atoms with E-state index < -0.39 is 35.9 Å². The van der Waals surface area contributed by atoms with Crippen LogP contribution in [0, 0.1) is 0 Å². The first-order valence-electron chi connectivity index (χ1n) is 5.08. The van der Waals surface area contributed by atoms with E-state index in [0.29, 0.717) is 6.42 Å². The molecule has 0 saturated heterocycles. The van der Waals surface area contributed by atoms with Crippen LogP contribution >= 0.6 is 0 Å². The van der Waals surface area contributed by atoms with Crippen molar-refractivity contribution in [2.24, 2.45) is 5.73 Å². The Labute approximate surface area is 98.4 Å². The number of halogens is 3. The quantitative estimate of drug-likeness (QED) is 0.608. The van der Waals surface area contributed by atoms with Gasteiger partial charge in [-0.3, -0.25) is 0 Å². The third-order valence-corrected chi connectivity index (χ3v) is 3.86. The molecule has 0 heterocycles. The van der Waals surface area contributed by atoms with Crippen molar-refractivity contribution in [1.29, 1.82) is 0 Å². The molecule has 0 unspecified atom stereocenters. The Bertz CT molecular complexity index is 306. The zero-order valence-electron chi connectivity index (χ0n) is 9.28. The van der Waals surface area contributed by atoms with Crippen LogP contribution in [0.4, 0.5) is 13.2 Å². The molecule has 0 aromatic rings. The minimum atomic E-state index is -4.61. The first-order valence-corrected chi connectivity index (χ1v) is 6.69. The topological polar surface area (TPSA) is 83.6 Å². The Balaban J connectivity index is 4.56. The monoisotopic (exact) mass is 278 g/mol. The molecule has 0 amide bonds. The summed E-state index contributed by atoms with van der Waals surface area (Å²) in [5.41, 5.74) is 5.17. The Morgan fingerprint density at radius 3 is 2.24 bits per heavy atom. The molecule has 3 N–H and O–H groups in total. The number of aliphatic hydroxyl groups is 1. The van der Waals surface area contributed by atoms with Crippen LogP contribution in [0.2, 0.25) is 0 Å². The number of hydrogen-bond donors (Lipinski definition) is 2. The maximum Gasteiger partial charge on any atom is 0.402 e. The fourth-order valence-corrected chi connectivity index (χ4v) is 2.72. The van der Waals surface area contributed by atoms with E-state index in [1.165, 1.54) is 0 Å². The predicted octanol–water partition coefficient (Wildman–Crippen LogP) is -0.0883. The molecule has 17 heavy (non-hydrogen) atoms. The molecule has 9 heteroatoms. The van der Waals surface area contributed by atoms with E-state index in [-0.39, 0.29) is 23.0 Å². The lowest BCUT2D eigenvalue weighted by Crippen LogP contribution is -2.41. The van der Waals surface area contributed by atoms with Gasteiger partial charge in [-0.1, -0.05) is 0 Å². The molecule has 0 atom stereocenters. The van der Waals surface area contributed by atoms with E-state index in [0.717, 1.165) is 0 Å². The van der Waals surface area contributed by atoms with Gasteiger partial charge in [-0.25, -0.2) is 8.42 Å². The lowest BCUT2D eigenvalue weighted by molar-refractivity contribution is -0.136. The highest BCUT2D eigenvalue weighted by atomic mass is 32.2. The van der Waals surface area contributed by atoms with Crippen LogP contribution in [-0.4, -0.2) is 56.0 Å². The van der Waals surface area contributed by atoms with E-state index in [1.54, 1.807) is 0 Å². The van der Waals surface area contributed by atoms with Crippen molar-refractivity contribution < 1.29 is 26.7 Å². The number of aliphatic hydroxyl groups excluding tert-OH is 1. The zero-order chi connectivity index (χ0) is 13.5. The highest BCUT2D eigenvalue weighted by molar-refractivity contribution is 7.89. The summed E-state index contributed by atoms with van der Waals surface area (Å²) in [4.78, 5) is 0. The number of sulfonamides is 1. The van der Waals surface area contributed by atoms with Gasteiger partial charge in [0.1, 0.15) is 6.54 Å². The average molecular weight is 278 g/mol. The molecule has 0 aliphatic rings. The molecular weight excluding hydrogens is 261 g/mol. The summed E-state index contributed by atoms with van der Waals surface area (Å²) in [6.45, 7) is -2.48. The van der Waals surface area contributed by atoms with Crippen molar-refractivity contribution in [3.8, 4) is 0 Å². The molecule has 0 aliphatic heterocycles. The second kappa shape index (κ2) is 7.14. The minimum absolute atomic E-state index is 0.207. The van der Waals surface area contributed by atoms with Gasteiger partial charge in [-0.05, 0) is 19.4 Å². The van der Waals surface area contributed by atoms with Crippen LogP contribution in [0.5, 0.6) is 0 Å². The number of nitrogens with two attached hydrogens (primary N) is 1. The summed E-state index contributed by atoms with van der Waals surface area (Å²) in [7, 11) is -3.99. The van der Waals surface area contributed by atoms with Gasteiger partial charge in [0.05, 0.1) is 12.4 Å². The van der Waals surface area contributed by atoms with E-state index in [1.807, 2.05) is 0 Å². The largest absolute Gasteiger partial charge is 0.402 e. The second-order valence-corrected chi connectivity index (χ2v) is 5.57. The summed E-state index contributed by atoms with van der Waals surface area (Å²) in [5, 5.41) is 8.57. The normalized spacial score (nSPS) is 13.3. The van der Waals surface area contributed by atoms with Gasteiger partial charge in [-0.2, -0.15) is 17.5 Å². The number of nitrogens with zero attached hydrogens (tertiary/aromatic N) is 1. The van der Waals surface area contributed by atoms with Gasteiger partial charge in [0.2, 0.25) is 10.0 Å². The van der Waals surface area contributed by atoms with Crippen molar-refractivity contribution in [2.45, 2.75) is 19.0 Å². The van der Waals surface area contributed by atoms with E-state index in [9.17, 15) is 21.6 Å². The van der Waals surface area contributed by atoms with Crippen molar-refractivity contribution in [3.63, 3.8) is 0 Å². The van der Waals surface area contributed by atoms with Crippen LogP contribution in [0.1, 0.15) is 12.8 Å².